The zero-order chi connectivity index (χ0) is 22.5. The molecule has 0 radical (unpaired) electrons. The lowest BCUT2D eigenvalue weighted by Gasteiger charge is -2.34. The van der Waals surface area contributed by atoms with E-state index in [0.717, 1.165) is 41.6 Å². The van der Waals surface area contributed by atoms with Crippen molar-refractivity contribution >= 4 is 17.4 Å². The highest BCUT2D eigenvalue weighted by Crippen LogP contribution is 2.38. The molecule has 4 rings (SSSR count). The van der Waals surface area contributed by atoms with E-state index in [2.05, 4.69) is 10.3 Å². The molecular formula is C23H28ClF3N4. The van der Waals surface area contributed by atoms with Crippen LogP contribution in [0.1, 0.15) is 54.3 Å². The third-order valence-electron chi connectivity index (χ3n) is 6.37. The van der Waals surface area contributed by atoms with E-state index < -0.39 is 11.9 Å². The normalized spacial score (nSPS) is 16.1. The Labute approximate surface area is 185 Å². The number of hydrogen-bond acceptors (Lipinski definition) is 2. The van der Waals surface area contributed by atoms with Crippen LogP contribution in [0.2, 0.25) is 5.15 Å². The van der Waals surface area contributed by atoms with E-state index in [0.29, 0.717) is 17.6 Å². The Morgan fingerprint density at radius 2 is 1.84 bits per heavy atom. The molecule has 0 spiro atoms. The Bertz CT molecular complexity index is 1090. The molecule has 1 N–H and O–H groups in total. The van der Waals surface area contributed by atoms with Gasteiger partial charge in [-0.25, -0.2) is 4.98 Å². The summed E-state index contributed by atoms with van der Waals surface area (Å²) in [5.74, 6) is 0.594. The first-order chi connectivity index (χ1) is 14.6. The molecule has 2 heterocycles. The molecule has 1 atom stereocenters. The van der Waals surface area contributed by atoms with Crippen LogP contribution in [0, 0.1) is 26.7 Å². The quantitative estimate of drug-likeness (QED) is 0.494. The van der Waals surface area contributed by atoms with E-state index in [-0.39, 0.29) is 23.9 Å². The molecule has 0 bridgehead atoms. The molecule has 31 heavy (non-hydrogen) atoms. The lowest BCUT2D eigenvalue weighted by molar-refractivity contribution is -0.141. The Balaban J connectivity index is 1.90. The van der Waals surface area contributed by atoms with Gasteiger partial charge in [-0.05, 0) is 57.2 Å². The van der Waals surface area contributed by atoms with E-state index in [1.807, 2.05) is 39.8 Å². The van der Waals surface area contributed by atoms with Crippen molar-refractivity contribution < 1.29 is 13.2 Å². The molecule has 1 saturated carbocycles. The van der Waals surface area contributed by atoms with Crippen LogP contribution in [-0.4, -0.2) is 26.5 Å². The van der Waals surface area contributed by atoms with Crippen LogP contribution in [-0.2, 0) is 12.6 Å². The van der Waals surface area contributed by atoms with Gasteiger partial charge < -0.3 is 5.32 Å². The summed E-state index contributed by atoms with van der Waals surface area (Å²) in [5.41, 5.74) is 3.09. The summed E-state index contributed by atoms with van der Waals surface area (Å²) >= 11 is 6.57. The molecule has 1 aliphatic carbocycles. The van der Waals surface area contributed by atoms with Crippen LogP contribution in [0.15, 0.2) is 18.3 Å². The van der Waals surface area contributed by atoms with Crippen molar-refractivity contribution in [3.05, 3.63) is 51.6 Å². The maximum absolute atomic E-state index is 14.0. The minimum Gasteiger partial charge on any atom is -0.314 e. The summed E-state index contributed by atoms with van der Waals surface area (Å²) in [6.45, 7) is 8.57. The highest BCUT2D eigenvalue weighted by molar-refractivity contribution is 6.30. The van der Waals surface area contributed by atoms with Crippen molar-refractivity contribution in [1.82, 2.24) is 19.3 Å². The van der Waals surface area contributed by atoms with Crippen molar-refractivity contribution in [1.29, 1.82) is 0 Å². The van der Waals surface area contributed by atoms with Gasteiger partial charge >= 0.3 is 6.18 Å². The van der Waals surface area contributed by atoms with Crippen molar-refractivity contribution in [3.63, 3.8) is 0 Å². The molecule has 1 unspecified atom stereocenters. The number of nitrogens with one attached hydrogen (secondary N) is 1. The van der Waals surface area contributed by atoms with Gasteiger partial charge in [0.05, 0.1) is 11.4 Å². The number of aryl methyl sites for hydroxylation is 3. The smallest absolute Gasteiger partial charge is 0.314 e. The van der Waals surface area contributed by atoms with Crippen LogP contribution in [0.25, 0.3) is 11.5 Å². The van der Waals surface area contributed by atoms with Crippen LogP contribution in [0.5, 0.6) is 0 Å². The van der Waals surface area contributed by atoms with E-state index in [9.17, 15) is 13.2 Å². The number of alkyl halides is 3. The summed E-state index contributed by atoms with van der Waals surface area (Å²) in [6.07, 6.45) is 0.522. The number of rotatable bonds is 6. The van der Waals surface area contributed by atoms with Crippen molar-refractivity contribution in [2.75, 3.05) is 6.54 Å². The Morgan fingerprint density at radius 3 is 2.35 bits per heavy atom. The molecule has 4 nitrogen and oxygen atoms in total. The van der Waals surface area contributed by atoms with Crippen molar-refractivity contribution in [2.24, 2.45) is 5.92 Å². The summed E-state index contributed by atoms with van der Waals surface area (Å²) in [7, 11) is 0. The first-order valence-electron chi connectivity index (χ1n) is 10.8. The number of likely N-dealkylation sites (N-methyl/N-ethyl adjacent to an activating group) is 1. The average molecular weight is 453 g/mol. The van der Waals surface area contributed by atoms with E-state index in [1.165, 1.54) is 4.40 Å². The van der Waals surface area contributed by atoms with Crippen molar-refractivity contribution in [3.8, 4) is 5.69 Å². The van der Waals surface area contributed by atoms with Crippen LogP contribution < -0.4 is 5.32 Å². The molecule has 8 heteroatoms. The largest absolute Gasteiger partial charge is 0.435 e. The van der Waals surface area contributed by atoms with Crippen LogP contribution >= 0.6 is 11.6 Å². The highest BCUT2D eigenvalue weighted by Gasteiger charge is 2.40. The van der Waals surface area contributed by atoms with Crippen LogP contribution in [0.3, 0.4) is 0 Å². The Kier molecular flexibility index (Phi) is 5.85. The van der Waals surface area contributed by atoms with Gasteiger partial charge in [-0.3, -0.25) is 8.97 Å². The molecule has 1 aromatic carbocycles. The first-order valence-corrected chi connectivity index (χ1v) is 11.2. The molecular weight excluding hydrogens is 425 g/mol. The summed E-state index contributed by atoms with van der Waals surface area (Å²) < 4.78 is 45.2. The fourth-order valence-electron chi connectivity index (χ4n) is 4.88. The fourth-order valence-corrected chi connectivity index (χ4v) is 5.14. The third-order valence-corrected chi connectivity index (χ3v) is 6.63. The molecule has 1 aliphatic rings. The van der Waals surface area contributed by atoms with Gasteiger partial charge in [0.25, 0.3) is 0 Å². The standard InChI is InChI=1S/C23H28ClF3N4/c1-5-28-17(16-7-6-8-16)11-18-21(23(25,26)27)29-22-30(18)12-19(24)31(22)20-14(3)9-13(2)10-15(20)4/h9-10,12,16-17,28H,5-8,11H2,1-4H3. The second-order valence-corrected chi connectivity index (χ2v) is 9.06. The zero-order valence-corrected chi connectivity index (χ0v) is 19.0. The van der Waals surface area contributed by atoms with Gasteiger partial charge in [-0.15, -0.1) is 0 Å². The maximum atomic E-state index is 14.0. The van der Waals surface area contributed by atoms with Gasteiger partial charge in [0.15, 0.2) is 5.69 Å². The minimum atomic E-state index is -4.54. The second kappa shape index (κ2) is 8.17. The van der Waals surface area contributed by atoms with Crippen molar-refractivity contribution in [2.45, 2.75) is 65.6 Å². The van der Waals surface area contributed by atoms with Gasteiger partial charge in [-0.2, -0.15) is 13.2 Å². The Hall–Kier alpha value is -1.99. The summed E-state index contributed by atoms with van der Waals surface area (Å²) in [4.78, 5) is 4.09. The fraction of sp³-hybridized carbons (Fsp3) is 0.522. The third kappa shape index (κ3) is 3.98. The van der Waals surface area contributed by atoms with E-state index in [1.54, 1.807) is 10.8 Å². The van der Waals surface area contributed by atoms with Gasteiger partial charge in [0.2, 0.25) is 5.78 Å². The lowest BCUT2D eigenvalue weighted by atomic mass is 9.78. The van der Waals surface area contributed by atoms with E-state index >= 15 is 0 Å². The number of imidazole rings is 2. The molecule has 2 aromatic heterocycles. The Morgan fingerprint density at radius 1 is 1.19 bits per heavy atom. The highest BCUT2D eigenvalue weighted by atomic mass is 35.5. The zero-order valence-electron chi connectivity index (χ0n) is 18.3. The minimum absolute atomic E-state index is 0.00952. The van der Waals surface area contributed by atoms with Gasteiger partial charge in [0.1, 0.15) is 5.15 Å². The summed E-state index contributed by atoms with van der Waals surface area (Å²) in [5, 5.41) is 3.74. The monoisotopic (exact) mass is 452 g/mol. The SMILES string of the molecule is CCNC(Cc1c(C(F)(F)F)nc2n(-c3c(C)cc(C)cc3C)c(Cl)cn12)C1CCC1. The molecule has 3 aromatic rings. The number of aromatic nitrogens is 3. The summed E-state index contributed by atoms with van der Waals surface area (Å²) in [6, 6.07) is 3.99. The first kappa shape index (κ1) is 22.2. The van der Waals surface area contributed by atoms with Gasteiger partial charge in [-0.1, -0.05) is 42.6 Å². The number of nitrogens with zero attached hydrogens (tertiary/aromatic N) is 3. The van der Waals surface area contributed by atoms with E-state index in [4.69, 9.17) is 11.6 Å². The predicted octanol–water partition coefficient (Wildman–Crippen LogP) is 6.04. The molecule has 1 fully saturated rings. The molecule has 168 valence electrons. The molecule has 0 aliphatic heterocycles. The number of fused-ring (bicyclic) bond motifs is 1. The topological polar surface area (TPSA) is 34.3 Å². The molecule has 0 saturated heterocycles. The number of benzene rings is 1. The van der Waals surface area contributed by atoms with Gasteiger partial charge in [0, 0.05) is 18.7 Å². The molecule has 0 amide bonds. The second-order valence-electron chi connectivity index (χ2n) is 8.67. The number of hydrogen-bond donors (Lipinski definition) is 1. The maximum Gasteiger partial charge on any atom is 0.435 e. The van der Waals surface area contributed by atoms with Crippen LogP contribution in [0.4, 0.5) is 13.2 Å². The number of halogens is 4. The average Bonchev–Trinajstić information content (AvgIpc) is 3.09. The predicted molar refractivity (Wildman–Crippen MR) is 117 cm³/mol. The lowest BCUT2D eigenvalue weighted by Crippen LogP contribution is -2.41.